The van der Waals surface area contributed by atoms with Crippen molar-refractivity contribution in [1.29, 1.82) is 0 Å². The zero-order chi connectivity index (χ0) is 24.1. The molecule has 1 unspecified atom stereocenters. The first-order valence-corrected chi connectivity index (χ1v) is 10.8. The van der Waals surface area contributed by atoms with Crippen molar-refractivity contribution in [2.75, 3.05) is 4.72 Å². The minimum absolute atomic E-state index is 0.233. The lowest BCUT2D eigenvalue weighted by Crippen LogP contribution is -2.46. The van der Waals surface area contributed by atoms with Crippen LogP contribution in [-0.4, -0.2) is 38.5 Å². The molecule has 0 spiro atoms. The molecule has 2 rings (SSSR count). The Hall–Kier alpha value is -3.54. The Balaban J connectivity index is 2.19. The summed E-state index contributed by atoms with van der Waals surface area (Å²) in [7, 11) is -4.60. The van der Waals surface area contributed by atoms with Gasteiger partial charge in [0, 0.05) is 6.04 Å². The summed E-state index contributed by atoms with van der Waals surface area (Å²) in [6, 6.07) is 6.09. The molecule has 0 radical (unpaired) electrons. The molecule has 9 nitrogen and oxygen atoms in total. The van der Waals surface area contributed by atoms with Crippen molar-refractivity contribution in [3.63, 3.8) is 0 Å². The van der Waals surface area contributed by atoms with Gasteiger partial charge in [-0.3, -0.25) is 14.8 Å². The van der Waals surface area contributed by atoms with Gasteiger partial charge >= 0.3 is 12.0 Å². The van der Waals surface area contributed by atoms with Gasteiger partial charge in [-0.15, -0.1) is 0 Å². The highest BCUT2D eigenvalue weighted by Crippen LogP contribution is 2.23. The summed E-state index contributed by atoms with van der Waals surface area (Å²) in [6.07, 6.45) is -1.40. The average molecular weight is 469 g/mol. The standard InChI is InChI=1S/C20H21F2N3O6S/c1-11(2)23-20(28)24-18(26)12(3)31-19(27)14-6-4-5-7-16(14)25-32(29,30)17-10-13(21)8-9-15(17)22/h4-12,25H,1-3H3,(H2,23,24,26,28). The average Bonchev–Trinajstić information content (AvgIpc) is 2.69. The van der Waals surface area contributed by atoms with Crippen LogP contribution in [-0.2, 0) is 19.6 Å². The number of carbonyl (C=O) groups excluding carboxylic acids is 3. The van der Waals surface area contributed by atoms with Gasteiger partial charge in [-0.05, 0) is 51.1 Å². The minimum atomic E-state index is -4.60. The van der Waals surface area contributed by atoms with Gasteiger partial charge in [0.15, 0.2) is 6.10 Å². The lowest BCUT2D eigenvalue weighted by atomic mass is 10.2. The molecular formula is C20H21F2N3O6S. The van der Waals surface area contributed by atoms with Gasteiger partial charge in [-0.2, -0.15) is 0 Å². The summed E-state index contributed by atoms with van der Waals surface area (Å²) in [5.74, 6) is -4.16. The fourth-order valence-corrected chi connectivity index (χ4v) is 3.59. The first kappa shape index (κ1) is 24.7. The maximum atomic E-state index is 13.9. The molecule has 0 fully saturated rings. The quantitative estimate of drug-likeness (QED) is 0.534. The summed E-state index contributed by atoms with van der Waals surface area (Å²) in [5, 5.41) is 4.43. The molecule has 0 aromatic heterocycles. The van der Waals surface area contributed by atoms with Gasteiger partial charge < -0.3 is 10.1 Å². The van der Waals surface area contributed by atoms with Crippen molar-refractivity contribution in [2.45, 2.75) is 37.8 Å². The van der Waals surface area contributed by atoms with Gasteiger partial charge in [-0.25, -0.2) is 26.8 Å². The summed E-state index contributed by atoms with van der Waals surface area (Å²) in [6.45, 7) is 4.58. The van der Waals surface area contributed by atoms with Crippen LogP contribution in [0.25, 0.3) is 0 Å². The van der Waals surface area contributed by atoms with Crippen molar-refractivity contribution < 1.29 is 36.3 Å². The van der Waals surface area contributed by atoms with Crippen molar-refractivity contribution in [3.8, 4) is 0 Å². The maximum Gasteiger partial charge on any atom is 0.341 e. The Morgan fingerprint density at radius 3 is 2.31 bits per heavy atom. The fourth-order valence-electron chi connectivity index (χ4n) is 2.42. The van der Waals surface area contributed by atoms with E-state index in [-0.39, 0.29) is 17.3 Å². The molecule has 32 heavy (non-hydrogen) atoms. The van der Waals surface area contributed by atoms with E-state index in [9.17, 15) is 31.6 Å². The molecule has 2 aromatic rings. The molecule has 0 heterocycles. The predicted molar refractivity (Wildman–Crippen MR) is 110 cm³/mol. The van der Waals surface area contributed by atoms with E-state index in [0.717, 1.165) is 6.07 Å². The molecule has 0 saturated carbocycles. The topological polar surface area (TPSA) is 131 Å². The van der Waals surface area contributed by atoms with E-state index in [1.54, 1.807) is 13.8 Å². The van der Waals surface area contributed by atoms with E-state index in [2.05, 4.69) is 5.32 Å². The lowest BCUT2D eigenvalue weighted by molar-refractivity contribution is -0.127. The van der Waals surface area contributed by atoms with Crippen LogP contribution in [0.5, 0.6) is 0 Å². The number of esters is 1. The van der Waals surface area contributed by atoms with E-state index in [4.69, 9.17) is 4.74 Å². The van der Waals surface area contributed by atoms with Gasteiger partial charge in [-0.1, -0.05) is 12.1 Å². The highest BCUT2D eigenvalue weighted by atomic mass is 32.2. The number of urea groups is 1. The third-order valence-corrected chi connectivity index (χ3v) is 5.26. The second kappa shape index (κ2) is 10.2. The molecular weight excluding hydrogens is 448 g/mol. The zero-order valence-corrected chi connectivity index (χ0v) is 18.1. The summed E-state index contributed by atoms with van der Waals surface area (Å²) < 4.78 is 59.4. The molecule has 12 heteroatoms. The van der Waals surface area contributed by atoms with Crippen LogP contribution in [0.4, 0.5) is 19.3 Å². The number of anilines is 1. The van der Waals surface area contributed by atoms with Gasteiger partial charge in [0.2, 0.25) is 0 Å². The van der Waals surface area contributed by atoms with E-state index in [1.807, 2.05) is 10.0 Å². The number of carbonyl (C=O) groups is 3. The number of sulfonamides is 1. The molecule has 2 aromatic carbocycles. The minimum Gasteiger partial charge on any atom is -0.449 e. The second-order valence-electron chi connectivity index (χ2n) is 6.89. The third-order valence-electron chi connectivity index (χ3n) is 3.88. The number of rotatable bonds is 7. The van der Waals surface area contributed by atoms with Crippen molar-refractivity contribution in [3.05, 3.63) is 59.7 Å². The zero-order valence-electron chi connectivity index (χ0n) is 17.3. The number of hydrogen-bond acceptors (Lipinski definition) is 6. The highest BCUT2D eigenvalue weighted by Gasteiger charge is 2.25. The van der Waals surface area contributed by atoms with E-state index in [0.29, 0.717) is 12.1 Å². The number of imide groups is 1. The largest absolute Gasteiger partial charge is 0.449 e. The summed E-state index contributed by atoms with van der Waals surface area (Å²) in [4.78, 5) is 35.2. The summed E-state index contributed by atoms with van der Waals surface area (Å²) >= 11 is 0. The molecule has 0 aliphatic heterocycles. The smallest absolute Gasteiger partial charge is 0.341 e. The van der Waals surface area contributed by atoms with Crippen molar-refractivity contribution in [2.24, 2.45) is 0 Å². The van der Waals surface area contributed by atoms with Gasteiger partial charge in [0.1, 0.15) is 16.5 Å². The molecule has 0 bridgehead atoms. The highest BCUT2D eigenvalue weighted by molar-refractivity contribution is 7.92. The number of halogens is 2. The molecule has 0 saturated heterocycles. The Bertz CT molecular complexity index is 1140. The van der Waals surface area contributed by atoms with Crippen LogP contribution >= 0.6 is 0 Å². The number of amides is 3. The first-order chi connectivity index (χ1) is 14.9. The molecule has 1 atom stereocenters. The van der Waals surface area contributed by atoms with Crippen LogP contribution in [0.3, 0.4) is 0 Å². The Morgan fingerprint density at radius 1 is 1.00 bits per heavy atom. The van der Waals surface area contributed by atoms with Crippen molar-refractivity contribution in [1.82, 2.24) is 10.6 Å². The Labute approximate surface area is 183 Å². The molecule has 0 aliphatic rings. The first-order valence-electron chi connectivity index (χ1n) is 9.30. The molecule has 172 valence electrons. The molecule has 3 amide bonds. The number of benzene rings is 2. The number of ether oxygens (including phenoxy) is 1. The van der Waals surface area contributed by atoms with E-state index in [1.165, 1.54) is 31.2 Å². The SMILES string of the molecule is CC(C)NC(=O)NC(=O)C(C)OC(=O)c1ccccc1NS(=O)(=O)c1cc(F)ccc1F. The monoisotopic (exact) mass is 469 g/mol. The van der Waals surface area contributed by atoms with E-state index >= 15 is 0 Å². The van der Waals surface area contributed by atoms with Crippen molar-refractivity contribution >= 4 is 33.6 Å². The normalized spacial score (nSPS) is 12.1. The Kier molecular flexibility index (Phi) is 7.87. The Morgan fingerprint density at radius 2 is 1.66 bits per heavy atom. The number of hydrogen-bond donors (Lipinski definition) is 3. The van der Waals surface area contributed by atoms with Crippen LogP contribution in [0.1, 0.15) is 31.1 Å². The van der Waals surface area contributed by atoms with Crippen LogP contribution in [0.2, 0.25) is 0 Å². The fraction of sp³-hybridized carbons (Fsp3) is 0.250. The lowest BCUT2D eigenvalue weighted by Gasteiger charge is -2.16. The maximum absolute atomic E-state index is 13.9. The number of nitrogens with one attached hydrogen (secondary N) is 3. The predicted octanol–water partition coefficient (Wildman–Crippen LogP) is 2.55. The molecule has 0 aliphatic carbocycles. The summed E-state index contributed by atoms with van der Waals surface area (Å²) in [5.41, 5.74) is -0.578. The van der Waals surface area contributed by atoms with Crippen LogP contribution in [0, 0.1) is 11.6 Å². The van der Waals surface area contributed by atoms with Crippen LogP contribution < -0.4 is 15.4 Å². The van der Waals surface area contributed by atoms with Gasteiger partial charge in [0.25, 0.3) is 15.9 Å². The van der Waals surface area contributed by atoms with E-state index < -0.39 is 50.6 Å². The number of para-hydroxylation sites is 1. The second-order valence-corrected chi connectivity index (χ2v) is 8.54. The molecule has 3 N–H and O–H groups in total. The van der Waals surface area contributed by atoms with Crippen LogP contribution in [0.15, 0.2) is 47.4 Å². The van der Waals surface area contributed by atoms with Gasteiger partial charge in [0.05, 0.1) is 11.3 Å². The third kappa shape index (κ3) is 6.48.